The first kappa shape index (κ1) is 24.6. The molecular formula is C30H30N2O5. The van der Waals surface area contributed by atoms with E-state index in [1.54, 1.807) is 12.1 Å². The fourth-order valence-corrected chi connectivity index (χ4v) is 4.86. The van der Waals surface area contributed by atoms with Crippen molar-refractivity contribution >= 4 is 17.4 Å². The molecule has 3 aromatic carbocycles. The highest BCUT2D eigenvalue weighted by Gasteiger charge is 2.46. The average Bonchev–Trinajstić information content (AvgIpc) is 3.38. The Balaban J connectivity index is 1.58. The van der Waals surface area contributed by atoms with Gasteiger partial charge in [0.25, 0.3) is 11.7 Å². The Kier molecular flexibility index (Phi) is 6.72. The van der Waals surface area contributed by atoms with Gasteiger partial charge >= 0.3 is 0 Å². The van der Waals surface area contributed by atoms with Crippen LogP contribution in [0, 0.1) is 0 Å². The highest BCUT2D eigenvalue weighted by atomic mass is 16.5. The number of aliphatic hydroxyl groups is 1. The Bertz CT molecular complexity index is 1370. The van der Waals surface area contributed by atoms with Crippen LogP contribution in [-0.2, 0) is 16.0 Å². The highest BCUT2D eigenvalue weighted by Crippen LogP contribution is 2.41. The Labute approximate surface area is 216 Å². The molecule has 0 aliphatic carbocycles. The van der Waals surface area contributed by atoms with Gasteiger partial charge in [-0.05, 0) is 74.6 Å². The normalized spacial score (nSPS) is 20.3. The maximum Gasteiger partial charge on any atom is 0.295 e. The van der Waals surface area contributed by atoms with Gasteiger partial charge in [0.1, 0.15) is 29.1 Å². The molecule has 1 fully saturated rings. The molecule has 2 atom stereocenters. The molecule has 2 unspecified atom stereocenters. The Morgan fingerprint density at radius 3 is 2.54 bits per heavy atom. The zero-order chi connectivity index (χ0) is 26.1. The molecule has 0 saturated carbocycles. The van der Waals surface area contributed by atoms with Gasteiger partial charge in [-0.3, -0.25) is 9.59 Å². The number of likely N-dealkylation sites (tertiary alicyclic amines) is 1. The van der Waals surface area contributed by atoms with E-state index in [-0.39, 0.29) is 17.4 Å². The van der Waals surface area contributed by atoms with Gasteiger partial charge in [0.05, 0.1) is 11.6 Å². The van der Waals surface area contributed by atoms with Crippen molar-refractivity contribution in [2.75, 3.05) is 27.2 Å². The maximum absolute atomic E-state index is 13.3. The lowest BCUT2D eigenvalue weighted by atomic mass is 9.94. The summed E-state index contributed by atoms with van der Waals surface area (Å²) < 4.78 is 11.8. The number of benzene rings is 3. The van der Waals surface area contributed by atoms with Crippen LogP contribution < -0.4 is 9.47 Å². The molecule has 2 aliphatic heterocycles. The fourth-order valence-electron chi connectivity index (χ4n) is 4.86. The van der Waals surface area contributed by atoms with Crippen molar-refractivity contribution in [3.05, 3.63) is 95.1 Å². The van der Waals surface area contributed by atoms with E-state index in [2.05, 4.69) is 0 Å². The number of nitrogens with zero attached hydrogens (tertiary/aromatic N) is 2. The summed E-state index contributed by atoms with van der Waals surface area (Å²) >= 11 is 0. The molecule has 190 valence electrons. The minimum absolute atomic E-state index is 0.0522. The number of ketones is 1. The monoisotopic (exact) mass is 498 g/mol. The van der Waals surface area contributed by atoms with E-state index in [9.17, 15) is 14.7 Å². The maximum atomic E-state index is 13.3. The van der Waals surface area contributed by atoms with Crippen LogP contribution in [-0.4, -0.2) is 59.9 Å². The third kappa shape index (κ3) is 4.95. The third-order valence-corrected chi connectivity index (χ3v) is 6.65. The molecule has 1 saturated heterocycles. The molecule has 2 heterocycles. The number of Topliss-reactive ketones (excluding diaryl/α,β-unsaturated/α-hetero) is 1. The highest BCUT2D eigenvalue weighted by molar-refractivity contribution is 6.46. The number of amides is 1. The number of para-hydroxylation sites is 1. The second-order valence-electron chi connectivity index (χ2n) is 9.74. The first-order valence-electron chi connectivity index (χ1n) is 12.4. The summed E-state index contributed by atoms with van der Waals surface area (Å²) in [6, 6.07) is 21.3. The first-order valence-corrected chi connectivity index (χ1v) is 12.4. The zero-order valence-corrected chi connectivity index (χ0v) is 21.2. The van der Waals surface area contributed by atoms with Crippen LogP contribution in [0.4, 0.5) is 0 Å². The summed E-state index contributed by atoms with van der Waals surface area (Å²) in [7, 11) is 3.82. The van der Waals surface area contributed by atoms with Crippen molar-refractivity contribution in [3.8, 4) is 17.2 Å². The van der Waals surface area contributed by atoms with Crippen LogP contribution in [0.3, 0.4) is 0 Å². The molecule has 7 heteroatoms. The van der Waals surface area contributed by atoms with Gasteiger partial charge in [0.2, 0.25) is 0 Å². The minimum atomic E-state index is -0.747. The SMILES string of the molecule is CC1Cc2cc(C(O)=C3C(=O)C(=O)N(CCN(C)C)C3c3cccc(Oc4ccccc4)c3)ccc2O1. The number of fused-ring (bicyclic) bond motifs is 1. The quantitative estimate of drug-likeness (QED) is 0.287. The molecule has 0 spiro atoms. The summed E-state index contributed by atoms with van der Waals surface area (Å²) in [6.45, 7) is 2.89. The number of rotatable bonds is 7. The summed E-state index contributed by atoms with van der Waals surface area (Å²) in [5, 5.41) is 11.4. The molecule has 3 aromatic rings. The number of likely N-dealkylation sites (N-methyl/N-ethyl adjacent to an activating group) is 1. The zero-order valence-electron chi connectivity index (χ0n) is 21.2. The lowest BCUT2D eigenvalue weighted by Crippen LogP contribution is -2.35. The number of hydrogen-bond donors (Lipinski definition) is 1. The Morgan fingerprint density at radius 1 is 1.03 bits per heavy atom. The second-order valence-corrected chi connectivity index (χ2v) is 9.74. The third-order valence-electron chi connectivity index (χ3n) is 6.65. The first-order chi connectivity index (χ1) is 17.8. The largest absolute Gasteiger partial charge is 0.507 e. The number of aliphatic hydroxyl groups excluding tert-OH is 1. The van der Waals surface area contributed by atoms with Crippen LogP contribution >= 0.6 is 0 Å². The molecule has 7 nitrogen and oxygen atoms in total. The molecule has 2 aliphatic rings. The van der Waals surface area contributed by atoms with E-state index in [1.807, 2.05) is 86.6 Å². The van der Waals surface area contributed by atoms with Gasteiger partial charge in [-0.1, -0.05) is 30.3 Å². The van der Waals surface area contributed by atoms with Crippen LogP contribution in [0.1, 0.15) is 29.7 Å². The lowest BCUT2D eigenvalue weighted by Gasteiger charge is -2.27. The molecule has 37 heavy (non-hydrogen) atoms. The van der Waals surface area contributed by atoms with E-state index in [0.717, 1.165) is 17.7 Å². The molecule has 0 aromatic heterocycles. The van der Waals surface area contributed by atoms with Gasteiger partial charge in [0, 0.05) is 25.1 Å². The van der Waals surface area contributed by atoms with Crippen molar-refractivity contribution in [2.24, 2.45) is 0 Å². The lowest BCUT2D eigenvalue weighted by molar-refractivity contribution is -0.140. The van der Waals surface area contributed by atoms with Gasteiger partial charge in [-0.25, -0.2) is 0 Å². The Morgan fingerprint density at radius 2 is 1.78 bits per heavy atom. The number of carbonyl (C=O) groups is 2. The van der Waals surface area contributed by atoms with Crippen molar-refractivity contribution in [1.29, 1.82) is 0 Å². The number of carbonyl (C=O) groups excluding carboxylic acids is 2. The number of ether oxygens (including phenoxy) is 2. The second kappa shape index (κ2) is 10.1. The predicted molar refractivity (Wildman–Crippen MR) is 141 cm³/mol. The van der Waals surface area contributed by atoms with Crippen molar-refractivity contribution in [3.63, 3.8) is 0 Å². The van der Waals surface area contributed by atoms with E-state index in [1.165, 1.54) is 4.90 Å². The van der Waals surface area contributed by atoms with E-state index in [0.29, 0.717) is 35.7 Å². The minimum Gasteiger partial charge on any atom is -0.507 e. The van der Waals surface area contributed by atoms with E-state index < -0.39 is 17.7 Å². The van der Waals surface area contributed by atoms with Crippen molar-refractivity contribution in [2.45, 2.75) is 25.5 Å². The van der Waals surface area contributed by atoms with E-state index >= 15 is 0 Å². The van der Waals surface area contributed by atoms with Crippen molar-refractivity contribution in [1.82, 2.24) is 9.80 Å². The van der Waals surface area contributed by atoms with Crippen LogP contribution in [0.15, 0.2) is 78.4 Å². The topological polar surface area (TPSA) is 79.3 Å². The molecule has 5 rings (SSSR count). The summed E-state index contributed by atoms with van der Waals surface area (Å²) in [5.74, 6) is 0.522. The summed E-state index contributed by atoms with van der Waals surface area (Å²) in [5.41, 5.74) is 2.22. The van der Waals surface area contributed by atoms with Gasteiger partial charge < -0.3 is 24.4 Å². The van der Waals surface area contributed by atoms with Crippen LogP contribution in [0.2, 0.25) is 0 Å². The summed E-state index contributed by atoms with van der Waals surface area (Å²) in [4.78, 5) is 30.0. The van der Waals surface area contributed by atoms with Crippen LogP contribution in [0.25, 0.3) is 5.76 Å². The molecular weight excluding hydrogens is 468 g/mol. The van der Waals surface area contributed by atoms with Crippen molar-refractivity contribution < 1.29 is 24.2 Å². The average molecular weight is 499 g/mol. The molecule has 0 radical (unpaired) electrons. The van der Waals surface area contributed by atoms with Gasteiger partial charge in [0.15, 0.2) is 0 Å². The predicted octanol–water partition coefficient (Wildman–Crippen LogP) is 4.79. The van der Waals surface area contributed by atoms with Gasteiger partial charge in [-0.2, -0.15) is 0 Å². The smallest absolute Gasteiger partial charge is 0.295 e. The fraction of sp³-hybridized carbons (Fsp3) is 0.267. The Hall–Kier alpha value is -4.10. The van der Waals surface area contributed by atoms with Gasteiger partial charge in [-0.15, -0.1) is 0 Å². The molecule has 0 bridgehead atoms. The molecule has 1 N–H and O–H groups in total. The van der Waals surface area contributed by atoms with Crippen LogP contribution in [0.5, 0.6) is 17.2 Å². The standard InChI is InChI=1S/C30H30N2O5/c1-19-16-22-17-21(12-13-25(22)36-19)28(33)26-27(32(15-14-31(2)3)30(35)29(26)34)20-8-7-11-24(18-20)37-23-9-5-4-6-10-23/h4-13,17-19,27,33H,14-16H2,1-3H3. The number of hydrogen-bond acceptors (Lipinski definition) is 6. The molecule has 1 amide bonds. The van der Waals surface area contributed by atoms with E-state index in [4.69, 9.17) is 9.47 Å². The summed E-state index contributed by atoms with van der Waals surface area (Å²) in [6.07, 6.45) is 0.770.